The van der Waals surface area contributed by atoms with Gasteiger partial charge in [-0.15, -0.1) is 0 Å². The van der Waals surface area contributed by atoms with Crippen molar-refractivity contribution in [3.8, 4) is 0 Å². The molecule has 1 fully saturated rings. The van der Waals surface area contributed by atoms with Crippen LogP contribution in [0.3, 0.4) is 0 Å². The fraction of sp³-hybridized carbons (Fsp3) is 0.625. The molecule has 0 saturated carbocycles. The van der Waals surface area contributed by atoms with Crippen molar-refractivity contribution < 1.29 is 0 Å². The fourth-order valence-corrected chi connectivity index (χ4v) is 3.71. The molecule has 4 heteroatoms. The SMILES string of the molecule is CCC1CCCN1c1nc2c(cc1C(N)=S)CCCC2. The summed E-state index contributed by atoms with van der Waals surface area (Å²) >= 11 is 5.28. The summed E-state index contributed by atoms with van der Waals surface area (Å²) in [5.74, 6) is 1.04. The number of nitrogens with two attached hydrogens (primary N) is 1. The van der Waals surface area contributed by atoms with Gasteiger partial charge in [-0.25, -0.2) is 4.98 Å². The molecule has 20 heavy (non-hydrogen) atoms. The minimum atomic E-state index is 0.489. The van der Waals surface area contributed by atoms with Gasteiger partial charge >= 0.3 is 0 Å². The third kappa shape index (κ3) is 2.41. The number of rotatable bonds is 3. The molecule has 2 heterocycles. The summed E-state index contributed by atoms with van der Waals surface area (Å²) in [5, 5.41) is 0. The highest BCUT2D eigenvalue weighted by atomic mass is 32.1. The van der Waals surface area contributed by atoms with Gasteiger partial charge in [-0.05, 0) is 56.6 Å². The maximum atomic E-state index is 5.97. The van der Waals surface area contributed by atoms with Gasteiger partial charge < -0.3 is 10.6 Å². The summed E-state index contributed by atoms with van der Waals surface area (Å²) in [6.07, 6.45) is 8.39. The van der Waals surface area contributed by atoms with Gasteiger partial charge in [0.25, 0.3) is 0 Å². The van der Waals surface area contributed by atoms with Crippen LogP contribution >= 0.6 is 12.2 Å². The number of pyridine rings is 1. The lowest BCUT2D eigenvalue weighted by Gasteiger charge is -2.29. The summed E-state index contributed by atoms with van der Waals surface area (Å²) in [6.45, 7) is 3.34. The van der Waals surface area contributed by atoms with Crippen molar-refractivity contribution in [3.63, 3.8) is 0 Å². The molecule has 0 aromatic carbocycles. The Balaban J connectivity index is 2.05. The minimum Gasteiger partial charge on any atom is -0.389 e. The summed E-state index contributed by atoms with van der Waals surface area (Å²) in [7, 11) is 0. The molecule has 1 atom stereocenters. The summed E-state index contributed by atoms with van der Waals surface area (Å²) in [6, 6.07) is 2.81. The number of anilines is 1. The molecule has 1 saturated heterocycles. The van der Waals surface area contributed by atoms with E-state index in [2.05, 4.69) is 17.9 Å². The summed E-state index contributed by atoms with van der Waals surface area (Å²) < 4.78 is 0. The predicted molar refractivity (Wildman–Crippen MR) is 87.4 cm³/mol. The molecule has 108 valence electrons. The molecule has 1 aromatic heterocycles. The number of nitrogens with zero attached hydrogens (tertiary/aromatic N) is 2. The van der Waals surface area contributed by atoms with Gasteiger partial charge in [0.1, 0.15) is 10.8 Å². The van der Waals surface area contributed by atoms with Crippen molar-refractivity contribution in [2.45, 2.75) is 57.9 Å². The quantitative estimate of drug-likeness (QED) is 0.869. The van der Waals surface area contributed by atoms with Crippen LogP contribution in [0.4, 0.5) is 5.82 Å². The molecular formula is C16H23N3S. The van der Waals surface area contributed by atoms with E-state index in [0.717, 1.165) is 37.2 Å². The van der Waals surface area contributed by atoms with E-state index < -0.39 is 0 Å². The van der Waals surface area contributed by atoms with Crippen LogP contribution in [0, 0.1) is 0 Å². The zero-order chi connectivity index (χ0) is 14.1. The van der Waals surface area contributed by atoms with Gasteiger partial charge in [-0.3, -0.25) is 0 Å². The second-order valence-corrected chi connectivity index (χ2v) is 6.37. The average Bonchev–Trinajstić information content (AvgIpc) is 2.94. The third-order valence-corrected chi connectivity index (χ3v) is 4.89. The van der Waals surface area contributed by atoms with Crippen LogP contribution in [0.15, 0.2) is 6.07 Å². The highest BCUT2D eigenvalue weighted by molar-refractivity contribution is 7.80. The molecule has 1 aliphatic carbocycles. The predicted octanol–water partition coefficient (Wildman–Crippen LogP) is 2.97. The van der Waals surface area contributed by atoms with Crippen molar-refractivity contribution in [1.29, 1.82) is 0 Å². The maximum Gasteiger partial charge on any atom is 0.139 e. The smallest absolute Gasteiger partial charge is 0.139 e. The number of aryl methyl sites for hydroxylation is 2. The molecule has 0 bridgehead atoms. The molecule has 3 nitrogen and oxygen atoms in total. The molecule has 0 amide bonds. The Morgan fingerprint density at radius 1 is 1.40 bits per heavy atom. The number of hydrogen-bond donors (Lipinski definition) is 1. The van der Waals surface area contributed by atoms with Crippen LogP contribution in [0.2, 0.25) is 0 Å². The van der Waals surface area contributed by atoms with Crippen LogP contribution in [0.1, 0.15) is 55.8 Å². The van der Waals surface area contributed by atoms with E-state index in [1.54, 1.807) is 0 Å². The van der Waals surface area contributed by atoms with E-state index in [0.29, 0.717) is 11.0 Å². The average molecular weight is 289 g/mol. The van der Waals surface area contributed by atoms with E-state index in [9.17, 15) is 0 Å². The molecule has 2 N–H and O–H groups in total. The standard InChI is InChI=1S/C16H23N3S/c1-2-12-7-5-9-19(12)16-13(15(17)20)10-11-6-3-4-8-14(11)18-16/h10,12H,2-9H2,1H3,(H2,17,20). The fourth-order valence-electron chi connectivity index (χ4n) is 3.56. The highest BCUT2D eigenvalue weighted by Gasteiger charge is 2.28. The topological polar surface area (TPSA) is 42.2 Å². The lowest BCUT2D eigenvalue weighted by molar-refractivity contribution is 0.631. The number of fused-ring (bicyclic) bond motifs is 1. The Labute approximate surface area is 126 Å². The van der Waals surface area contributed by atoms with Gasteiger partial charge in [0.2, 0.25) is 0 Å². The van der Waals surface area contributed by atoms with Crippen LogP contribution in [0.25, 0.3) is 0 Å². The minimum absolute atomic E-state index is 0.489. The monoisotopic (exact) mass is 289 g/mol. The summed E-state index contributed by atoms with van der Waals surface area (Å²) in [5.41, 5.74) is 9.58. The van der Waals surface area contributed by atoms with E-state index in [-0.39, 0.29) is 0 Å². The molecule has 2 aliphatic rings. The van der Waals surface area contributed by atoms with Gasteiger partial charge in [0.15, 0.2) is 0 Å². The van der Waals surface area contributed by atoms with E-state index in [4.69, 9.17) is 22.9 Å². The molecule has 3 rings (SSSR count). The van der Waals surface area contributed by atoms with Crippen molar-refractivity contribution in [2.75, 3.05) is 11.4 Å². The zero-order valence-electron chi connectivity index (χ0n) is 12.2. The highest BCUT2D eigenvalue weighted by Crippen LogP contribution is 2.32. The van der Waals surface area contributed by atoms with Gasteiger partial charge in [-0.1, -0.05) is 19.1 Å². The Bertz CT molecular complexity index is 527. The van der Waals surface area contributed by atoms with Crippen LogP contribution in [-0.2, 0) is 12.8 Å². The van der Waals surface area contributed by atoms with Crippen LogP contribution in [0.5, 0.6) is 0 Å². The Morgan fingerprint density at radius 2 is 2.20 bits per heavy atom. The van der Waals surface area contributed by atoms with Crippen LogP contribution in [-0.4, -0.2) is 22.6 Å². The first-order valence-electron chi connectivity index (χ1n) is 7.80. The van der Waals surface area contributed by atoms with Gasteiger partial charge in [0.05, 0.1) is 5.56 Å². The normalized spacial score (nSPS) is 21.9. The molecule has 1 unspecified atom stereocenters. The van der Waals surface area contributed by atoms with Crippen LogP contribution < -0.4 is 10.6 Å². The maximum absolute atomic E-state index is 5.97. The molecule has 1 aromatic rings. The van der Waals surface area contributed by atoms with Crippen molar-refractivity contribution >= 4 is 23.0 Å². The van der Waals surface area contributed by atoms with Gasteiger partial charge in [0, 0.05) is 18.3 Å². The first kappa shape index (κ1) is 13.8. The Hall–Kier alpha value is -1.16. The first-order valence-corrected chi connectivity index (χ1v) is 8.20. The summed E-state index contributed by atoms with van der Waals surface area (Å²) in [4.78, 5) is 7.90. The Kier molecular flexibility index (Phi) is 3.92. The second-order valence-electron chi connectivity index (χ2n) is 5.93. The first-order chi connectivity index (χ1) is 9.70. The number of aromatic nitrogens is 1. The molecule has 0 spiro atoms. The van der Waals surface area contributed by atoms with Gasteiger partial charge in [-0.2, -0.15) is 0 Å². The number of hydrogen-bond acceptors (Lipinski definition) is 3. The zero-order valence-corrected chi connectivity index (χ0v) is 13.0. The van der Waals surface area contributed by atoms with Crippen molar-refractivity contribution in [1.82, 2.24) is 4.98 Å². The van der Waals surface area contributed by atoms with E-state index in [1.807, 2.05) is 0 Å². The van der Waals surface area contributed by atoms with E-state index in [1.165, 1.54) is 36.9 Å². The lowest BCUT2D eigenvalue weighted by Crippen LogP contribution is -2.32. The largest absolute Gasteiger partial charge is 0.389 e. The van der Waals surface area contributed by atoms with Crippen molar-refractivity contribution in [3.05, 3.63) is 22.9 Å². The molecule has 0 radical (unpaired) electrons. The second kappa shape index (κ2) is 5.68. The molecular weight excluding hydrogens is 266 g/mol. The van der Waals surface area contributed by atoms with Crippen molar-refractivity contribution in [2.24, 2.45) is 5.73 Å². The Morgan fingerprint density at radius 3 is 2.95 bits per heavy atom. The lowest BCUT2D eigenvalue weighted by atomic mass is 9.94. The van der Waals surface area contributed by atoms with E-state index >= 15 is 0 Å². The third-order valence-electron chi connectivity index (χ3n) is 4.67. The number of thiocarbonyl (C=S) groups is 1. The molecule has 1 aliphatic heterocycles.